The maximum Gasteiger partial charge on any atom is 0.317 e. The number of aliphatic imine (C=N–C) groups is 1. The van der Waals surface area contributed by atoms with Crippen LogP contribution in [0.5, 0.6) is 28.7 Å². The first-order valence-corrected chi connectivity index (χ1v) is 21.9. The van der Waals surface area contributed by atoms with Crippen molar-refractivity contribution in [3.8, 4) is 28.7 Å². The van der Waals surface area contributed by atoms with E-state index in [1.165, 1.54) is 12.3 Å². The van der Waals surface area contributed by atoms with Crippen molar-refractivity contribution in [1.29, 1.82) is 0 Å². The van der Waals surface area contributed by atoms with Crippen molar-refractivity contribution in [2.75, 3.05) is 33.2 Å². The maximum absolute atomic E-state index is 12.8. The number of fused-ring (bicyclic) bond motifs is 8. The molecule has 10 unspecified atom stereocenters. The van der Waals surface area contributed by atoms with E-state index in [1.807, 2.05) is 47.4 Å². The van der Waals surface area contributed by atoms with E-state index in [0.717, 1.165) is 16.7 Å². The van der Waals surface area contributed by atoms with E-state index in [4.69, 9.17) is 38.9 Å². The van der Waals surface area contributed by atoms with Gasteiger partial charge in [-0.3, -0.25) is 14.6 Å². The minimum atomic E-state index is -2.30. The Bertz CT molecular complexity index is 2590. The van der Waals surface area contributed by atoms with Crippen molar-refractivity contribution in [2.45, 2.75) is 92.3 Å². The van der Waals surface area contributed by atoms with Gasteiger partial charge in [0.2, 0.25) is 12.0 Å². The normalized spacial score (nSPS) is 30.6. The van der Waals surface area contributed by atoms with Gasteiger partial charge in [-0.05, 0) is 48.4 Å². The molecule has 354 valence electrons. The fraction of sp³-hybridized carbons (Fsp3) is 0.426. The Balaban J connectivity index is 1.12. The van der Waals surface area contributed by atoms with Crippen LogP contribution >= 0.6 is 0 Å². The summed E-state index contributed by atoms with van der Waals surface area (Å²) in [7, 11) is 0. The number of nitrogens with two attached hydrogens (primary N) is 1. The molecule has 7 heterocycles. The molecule has 0 aromatic heterocycles. The van der Waals surface area contributed by atoms with Gasteiger partial charge in [0.25, 0.3) is 0 Å². The van der Waals surface area contributed by atoms with Crippen LogP contribution in [0.15, 0.2) is 88.8 Å². The number of ether oxygens (including phenoxy) is 7. The summed E-state index contributed by atoms with van der Waals surface area (Å²) in [5.41, 5.74) is 7.54. The molecule has 7 aliphatic rings. The van der Waals surface area contributed by atoms with Crippen molar-refractivity contribution in [3.05, 3.63) is 112 Å². The molecule has 20 heteroatoms. The van der Waals surface area contributed by atoms with Crippen LogP contribution in [0.25, 0.3) is 0 Å². The second-order valence-corrected chi connectivity index (χ2v) is 17.4. The highest BCUT2D eigenvalue weighted by molar-refractivity contribution is 5.90. The summed E-state index contributed by atoms with van der Waals surface area (Å²) in [6.07, 6.45) is -4.60. The van der Waals surface area contributed by atoms with Crippen molar-refractivity contribution < 1.29 is 78.5 Å². The van der Waals surface area contributed by atoms with E-state index in [9.17, 15) is 45.3 Å². The Morgan fingerprint density at radius 1 is 1.01 bits per heavy atom. The van der Waals surface area contributed by atoms with Crippen molar-refractivity contribution in [1.82, 2.24) is 10.2 Å². The molecule has 0 bridgehead atoms. The van der Waals surface area contributed by atoms with E-state index < -0.39 is 85.2 Å². The largest absolute Gasteiger partial charge is 0.489 e. The molecule has 1 spiro atoms. The Morgan fingerprint density at radius 3 is 2.60 bits per heavy atom. The molecule has 0 aliphatic carbocycles. The van der Waals surface area contributed by atoms with Gasteiger partial charge in [-0.25, -0.2) is 0 Å². The summed E-state index contributed by atoms with van der Waals surface area (Å²) in [5, 5.41) is 78.9. The molecule has 0 radical (unpaired) electrons. The van der Waals surface area contributed by atoms with Crippen LogP contribution in [0, 0.1) is 0 Å². The van der Waals surface area contributed by atoms with Crippen LogP contribution in [0.2, 0.25) is 0 Å². The van der Waals surface area contributed by atoms with Gasteiger partial charge in [-0.15, -0.1) is 0 Å². The molecular formula is C47H50N4O16. The number of carbonyl (C=O) groups is 2. The minimum absolute atomic E-state index is 0.0376. The SMILES string of the molecule is NC1NC=CC2(OC3Oc4cc5c(c(CN6CC7=CC=NC7=C6CO)c4CCC3(O)C(O)C2O)C2Oc3c(ccc(OCO)c3OCCO)C2C(Cc2ccccc2)O5)C1OC(=O)CC(=O)O. The molecule has 0 amide bonds. The van der Waals surface area contributed by atoms with E-state index in [2.05, 4.69) is 10.3 Å². The van der Waals surface area contributed by atoms with Crippen LogP contribution < -0.4 is 34.7 Å². The lowest BCUT2D eigenvalue weighted by Gasteiger charge is -2.55. The van der Waals surface area contributed by atoms with Gasteiger partial charge >= 0.3 is 11.9 Å². The average molecular weight is 927 g/mol. The third kappa shape index (κ3) is 7.44. The Hall–Kier alpha value is -6.23. The summed E-state index contributed by atoms with van der Waals surface area (Å²) in [5.74, 6) is -1.90. The standard InChI is InChI=1S/C47H50N4O16/c48-44-43(65-34(57)18-33(55)56)47(11-13-50-44)42(59)41(58)46(60)10-8-25-27(20-51-19-24-9-12-49-37(24)28(51)21-53)36-32(17-30(25)64-45(46)67-47)63-31(16-23-4-2-1-3-5-23)35-26-6-7-29(62-22-54)39(61-15-14-52)38(26)66-40(35)36/h1-7,9,11-13,17,31,35,40-45,50,52-54,58-60H,8,10,14-16,18-22,48H2,(H,55,56). The zero-order valence-electron chi connectivity index (χ0n) is 35.9. The number of aliphatic carboxylic acids is 1. The van der Waals surface area contributed by atoms with Crippen molar-refractivity contribution in [3.63, 3.8) is 0 Å². The quantitative estimate of drug-likeness (QED) is 0.0633. The minimum Gasteiger partial charge on any atom is -0.489 e. The van der Waals surface area contributed by atoms with Gasteiger partial charge < -0.3 is 84.9 Å². The molecule has 3 aromatic rings. The number of aliphatic hydroxyl groups is 6. The molecule has 10 rings (SSSR count). The van der Waals surface area contributed by atoms with E-state index in [-0.39, 0.29) is 56.5 Å². The lowest BCUT2D eigenvalue weighted by molar-refractivity contribution is -0.354. The fourth-order valence-electron chi connectivity index (χ4n) is 10.5. The molecule has 1 saturated heterocycles. The summed E-state index contributed by atoms with van der Waals surface area (Å²) >= 11 is 0. The number of aliphatic hydroxyl groups excluding tert-OH is 5. The summed E-state index contributed by atoms with van der Waals surface area (Å²) in [6.45, 7) is -0.855. The Morgan fingerprint density at radius 2 is 1.84 bits per heavy atom. The Labute approximate surface area is 382 Å². The first-order chi connectivity index (χ1) is 32.4. The topological polar surface area (TPSA) is 294 Å². The van der Waals surface area contributed by atoms with E-state index in [0.29, 0.717) is 52.5 Å². The molecule has 10 atom stereocenters. The smallest absolute Gasteiger partial charge is 0.317 e. The number of allylic oxidation sites excluding steroid dienone is 1. The number of hydrogen-bond acceptors (Lipinski definition) is 19. The number of nitrogens with one attached hydrogen (secondary N) is 1. The van der Waals surface area contributed by atoms with Crippen LogP contribution in [0.3, 0.4) is 0 Å². The highest BCUT2D eigenvalue weighted by atomic mass is 16.7. The number of benzene rings is 3. The summed E-state index contributed by atoms with van der Waals surface area (Å²) < 4.78 is 44.5. The van der Waals surface area contributed by atoms with Crippen molar-refractivity contribution in [2.24, 2.45) is 10.7 Å². The molecule has 20 nitrogen and oxygen atoms in total. The number of esters is 1. The maximum atomic E-state index is 12.8. The highest BCUT2D eigenvalue weighted by Crippen LogP contribution is 2.61. The molecule has 0 saturated carbocycles. The second kappa shape index (κ2) is 17.4. The van der Waals surface area contributed by atoms with Crippen LogP contribution in [-0.4, -0.2) is 140 Å². The molecule has 1 fully saturated rings. The van der Waals surface area contributed by atoms with Gasteiger partial charge in [-0.1, -0.05) is 36.4 Å². The third-order valence-electron chi connectivity index (χ3n) is 13.6. The van der Waals surface area contributed by atoms with Gasteiger partial charge in [0.05, 0.1) is 30.5 Å². The monoisotopic (exact) mass is 926 g/mol. The number of rotatable bonds is 13. The summed E-state index contributed by atoms with van der Waals surface area (Å²) in [4.78, 5) is 30.7. The van der Waals surface area contributed by atoms with Gasteiger partial charge in [0.15, 0.2) is 35.6 Å². The lowest BCUT2D eigenvalue weighted by Crippen LogP contribution is -2.77. The Kier molecular flexibility index (Phi) is 11.6. The van der Waals surface area contributed by atoms with Gasteiger partial charge in [-0.2, -0.15) is 0 Å². The second-order valence-electron chi connectivity index (χ2n) is 17.4. The van der Waals surface area contributed by atoms with E-state index in [1.54, 1.807) is 18.3 Å². The third-order valence-corrected chi connectivity index (χ3v) is 13.6. The van der Waals surface area contributed by atoms with Crippen molar-refractivity contribution >= 4 is 18.2 Å². The number of carboxylic acids is 1. The van der Waals surface area contributed by atoms with Crippen LogP contribution in [0.1, 0.15) is 52.7 Å². The summed E-state index contributed by atoms with van der Waals surface area (Å²) in [6, 6.07) is 14.9. The average Bonchev–Trinajstić information content (AvgIpc) is 3.99. The van der Waals surface area contributed by atoms with Crippen LogP contribution in [-0.2, 0) is 38.4 Å². The first kappa shape index (κ1) is 44.6. The van der Waals surface area contributed by atoms with Crippen LogP contribution in [0.4, 0.5) is 0 Å². The molecule has 7 aliphatic heterocycles. The number of carbonyl (C=O) groups excluding carboxylic acids is 1. The van der Waals surface area contributed by atoms with Gasteiger partial charge in [0.1, 0.15) is 55.1 Å². The van der Waals surface area contributed by atoms with E-state index >= 15 is 0 Å². The number of carboxylic acid groups (broad SMARTS) is 1. The predicted octanol–water partition coefficient (Wildman–Crippen LogP) is 0.299. The fourth-order valence-corrected chi connectivity index (χ4v) is 10.5. The number of hydrogen-bond donors (Lipinski definition) is 9. The zero-order chi connectivity index (χ0) is 46.8. The number of nitrogens with zero attached hydrogens (tertiary/aromatic N) is 2. The molecule has 10 N–H and O–H groups in total. The molecule has 67 heavy (non-hydrogen) atoms. The highest BCUT2D eigenvalue weighted by Gasteiger charge is 2.67. The molecular weight excluding hydrogens is 877 g/mol. The predicted molar refractivity (Wildman–Crippen MR) is 231 cm³/mol. The zero-order valence-corrected chi connectivity index (χ0v) is 35.9. The van der Waals surface area contributed by atoms with Gasteiger partial charge in [0, 0.05) is 54.1 Å². The lowest BCUT2D eigenvalue weighted by atomic mass is 9.73. The first-order valence-electron chi connectivity index (χ1n) is 21.9. The molecule has 3 aromatic carbocycles.